The molecule has 5 rings (SSSR count). The van der Waals surface area contributed by atoms with Gasteiger partial charge < -0.3 is 0 Å². The van der Waals surface area contributed by atoms with Crippen molar-refractivity contribution in [2.45, 2.75) is 156 Å². The summed E-state index contributed by atoms with van der Waals surface area (Å²) in [5.74, 6) is 1.08. The van der Waals surface area contributed by atoms with E-state index < -0.39 is 0 Å². The second-order valence-corrected chi connectivity index (χ2v) is 19.4. The van der Waals surface area contributed by atoms with Gasteiger partial charge in [0.1, 0.15) is 0 Å². The van der Waals surface area contributed by atoms with Gasteiger partial charge in [-0.2, -0.15) is 0 Å². The lowest BCUT2D eigenvalue weighted by Crippen LogP contribution is -2.17. The van der Waals surface area contributed by atoms with Gasteiger partial charge in [0.05, 0.1) is 0 Å². The molecule has 0 saturated carbocycles. The Morgan fingerprint density at radius 1 is 0.250 bits per heavy atom. The van der Waals surface area contributed by atoms with Gasteiger partial charge in [-0.25, -0.2) is 0 Å². The minimum absolute atomic E-state index is 0.0540. The second-order valence-electron chi connectivity index (χ2n) is 19.4. The molecule has 0 fully saturated rings. The van der Waals surface area contributed by atoms with Gasteiger partial charge in [-0.05, 0) is 88.4 Å². The molecule has 8 bridgehead atoms. The van der Waals surface area contributed by atoms with Crippen LogP contribution in [0.15, 0.2) is 72.8 Å². The van der Waals surface area contributed by atoms with Crippen LogP contribution in [-0.4, -0.2) is 0 Å². The van der Waals surface area contributed by atoms with Gasteiger partial charge in [0, 0.05) is 23.7 Å². The van der Waals surface area contributed by atoms with Crippen molar-refractivity contribution in [1.29, 1.82) is 0 Å². The van der Waals surface area contributed by atoms with E-state index in [0.717, 1.165) is 0 Å². The Hall–Kier alpha value is -3.12. The zero-order valence-corrected chi connectivity index (χ0v) is 33.2. The summed E-state index contributed by atoms with van der Waals surface area (Å²) in [6.45, 7) is 38.0. The van der Waals surface area contributed by atoms with Crippen molar-refractivity contribution < 1.29 is 0 Å². The predicted octanol–water partition coefficient (Wildman–Crippen LogP) is 13.8. The Morgan fingerprint density at radius 2 is 0.375 bits per heavy atom. The largest absolute Gasteiger partial charge is 0.0561 e. The maximum Gasteiger partial charge on any atom is 0.00614 e. The Kier molecular flexibility index (Phi) is 9.29. The minimum Gasteiger partial charge on any atom is -0.0561 e. The van der Waals surface area contributed by atoms with Gasteiger partial charge in [-0.1, -0.05) is 184 Å². The van der Waals surface area contributed by atoms with Crippen LogP contribution in [-0.2, 0) is 21.7 Å². The van der Waals surface area contributed by atoms with Gasteiger partial charge >= 0.3 is 0 Å². The first kappa shape index (κ1) is 36.2. The molecule has 4 aromatic carbocycles. The lowest BCUT2D eigenvalue weighted by atomic mass is 9.75. The van der Waals surface area contributed by atoms with Gasteiger partial charge in [0.2, 0.25) is 0 Å². The van der Waals surface area contributed by atoms with Crippen LogP contribution in [0.3, 0.4) is 0 Å². The van der Waals surface area contributed by atoms with Crippen molar-refractivity contribution in [3.05, 3.63) is 140 Å². The zero-order valence-electron chi connectivity index (χ0n) is 33.2. The maximum atomic E-state index is 2.52. The number of benzene rings is 4. The fourth-order valence-corrected chi connectivity index (χ4v) is 7.21. The summed E-state index contributed by atoms with van der Waals surface area (Å²) in [6.07, 6.45) is 0. The molecular weight excluding hydrogens is 577 g/mol. The van der Waals surface area contributed by atoms with Crippen molar-refractivity contribution >= 4 is 0 Å². The van der Waals surface area contributed by atoms with Gasteiger partial charge in [0.25, 0.3) is 0 Å². The molecule has 0 aromatic heterocycles. The normalized spacial score (nSPS) is 20.5. The summed E-state index contributed by atoms with van der Waals surface area (Å²) >= 11 is 0. The molecule has 0 nitrogen and oxygen atoms in total. The van der Waals surface area contributed by atoms with Gasteiger partial charge in [-0.15, -0.1) is 0 Å². The minimum atomic E-state index is 0.0540. The third kappa shape index (κ3) is 7.39. The SMILES string of the molecule is CC1c2cc(cc(C(C)(C)C)c2)C(C)c2cc(cc(C(C)(C)C)c2)C(C)c2cc(cc(C(C)(C)C)c2)C(C)c2cc1cc(C(C)(C)C)c2. The first-order valence-electron chi connectivity index (χ1n) is 18.5. The van der Waals surface area contributed by atoms with Crippen LogP contribution in [0.5, 0.6) is 0 Å². The van der Waals surface area contributed by atoms with E-state index in [9.17, 15) is 0 Å². The lowest BCUT2D eigenvalue weighted by Gasteiger charge is -2.30. The molecule has 0 unspecified atom stereocenters. The molecule has 256 valence electrons. The topological polar surface area (TPSA) is 0 Å². The van der Waals surface area contributed by atoms with Crippen LogP contribution in [0.1, 0.15) is 201 Å². The molecule has 0 heteroatoms. The van der Waals surface area contributed by atoms with Crippen LogP contribution in [0.4, 0.5) is 0 Å². The average Bonchev–Trinajstić information content (AvgIpc) is 3.00. The van der Waals surface area contributed by atoms with Crippen molar-refractivity contribution in [2.24, 2.45) is 0 Å². The fourth-order valence-electron chi connectivity index (χ4n) is 7.21. The molecule has 1 aliphatic carbocycles. The molecule has 0 amide bonds. The molecule has 0 aliphatic heterocycles. The molecule has 48 heavy (non-hydrogen) atoms. The summed E-state index contributed by atoms with van der Waals surface area (Å²) in [5.41, 5.74) is 17.2. The Balaban J connectivity index is 1.90. The lowest BCUT2D eigenvalue weighted by molar-refractivity contribution is 0.584. The van der Waals surface area contributed by atoms with Crippen molar-refractivity contribution in [3.8, 4) is 0 Å². The quantitative estimate of drug-likeness (QED) is 0.179. The standard InChI is InChI=1S/C48H64/c1-29-33-17-35(23-41(21-33)45(5,6)7)30(2)37-19-39(27-43(25-37)47(11,12)13)32(4)40-20-38(26-44(28-40)48(14,15)16)31(3)36-18-34(29)22-42(24-36)46(8,9)10/h17-32H,1-16H3. The smallest absolute Gasteiger partial charge is 0.00614 e. The van der Waals surface area contributed by atoms with E-state index in [-0.39, 0.29) is 45.3 Å². The highest BCUT2D eigenvalue weighted by atomic mass is 14.3. The monoisotopic (exact) mass is 641 g/mol. The maximum absolute atomic E-state index is 2.52. The highest BCUT2D eigenvalue weighted by Gasteiger charge is 2.27. The highest BCUT2D eigenvalue weighted by Crippen LogP contribution is 2.42. The summed E-state index contributed by atoms with van der Waals surface area (Å²) in [7, 11) is 0. The highest BCUT2D eigenvalue weighted by molar-refractivity contribution is 5.51. The second kappa shape index (κ2) is 12.3. The molecule has 0 heterocycles. The average molecular weight is 641 g/mol. The summed E-state index contributed by atoms with van der Waals surface area (Å²) in [6, 6.07) is 30.0. The van der Waals surface area contributed by atoms with Crippen molar-refractivity contribution in [2.75, 3.05) is 0 Å². The van der Waals surface area contributed by atoms with Gasteiger partial charge in [-0.3, -0.25) is 0 Å². The third-order valence-electron chi connectivity index (χ3n) is 11.4. The Morgan fingerprint density at radius 3 is 0.479 bits per heavy atom. The van der Waals surface area contributed by atoms with E-state index in [1.54, 1.807) is 0 Å². The summed E-state index contributed by atoms with van der Waals surface area (Å²) < 4.78 is 0. The molecular formula is C48H64. The fraction of sp³-hybridized carbons (Fsp3) is 0.500. The first-order chi connectivity index (χ1) is 21.9. The van der Waals surface area contributed by atoms with E-state index in [1.165, 1.54) is 66.8 Å². The number of hydrogen-bond acceptors (Lipinski definition) is 0. The Labute approximate surface area is 294 Å². The van der Waals surface area contributed by atoms with E-state index in [0.29, 0.717) is 0 Å². The van der Waals surface area contributed by atoms with E-state index in [2.05, 4.69) is 184 Å². The summed E-state index contributed by atoms with van der Waals surface area (Å²) in [4.78, 5) is 0. The van der Waals surface area contributed by atoms with E-state index >= 15 is 0 Å². The number of fused-ring (bicyclic) bond motifs is 8. The number of rotatable bonds is 0. The van der Waals surface area contributed by atoms with Crippen LogP contribution >= 0.6 is 0 Å². The van der Waals surface area contributed by atoms with Crippen LogP contribution in [0.2, 0.25) is 0 Å². The zero-order chi connectivity index (χ0) is 35.7. The molecule has 0 saturated heterocycles. The summed E-state index contributed by atoms with van der Waals surface area (Å²) in [5, 5.41) is 0. The molecule has 0 N–H and O–H groups in total. The van der Waals surface area contributed by atoms with Gasteiger partial charge in [0.15, 0.2) is 0 Å². The number of hydrogen-bond donors (Lipinski definition) is 0. The molecule has 0 atom stereocenters. The Bertz CT molecular complexity index is 1440. The van der Waals surface area contributed by atoms with Crippen LogP contribution in [0.25, 0.3) is 0 Å². The van der Waals surface area contributed by atoms with Crippen molar-refractivity contribution in [3.63, 3.8) is 0 Å². The predicted molar refractivity (Wildman–Crippen MR) is 211 cm³/mol. The first-order valence-corrected chi connectivity index (χ1v) is 18.5. The third-order valence-corrected chi connectivity index (χ3v) is 11.4. The van der Waals surface area contributed by atoms with E-state index in [1.807, 2.05) is 0 Å². The molecule has 1 aliphatic rings. The van der Waals surface area contributed by atoms with E-state index in [4.69, 9.17) is 0 Å². The van der Waals surface area contributed by atoms with Crippen molar-refractivity contribution in [1.82, 2.24) is 0 Å². The van der Waals surface area contributed by atoms with Crippen LogP contribution in [0, 0.1) is 0 Å². The van der Waals surface area contributed by atoms with Crippen LogP contribution < -0.4 is 0 Å². The molecule has 0 spiro atoms. The molecule has 4 aromatic rings. The molecule has 0 radical (unpaired) electrons.